The summed E-state index contributed by atoms with van der Waals surface area (Å²) in [5.41, 5.74) is -0.171. The molecule has 1 saturated carbocycles. The molecule has 3 aliphatic rings. The number of ether oxygens (including phenoxy) is 1. The number of hydrogen-bond donors (Lipinski definition) is 1. The Morgan fingerprint density at radius 1 is 1.00 bits per heavy atom. The Balaban J connectivity index is 1.82. The van der Waals surface area contributed by atoms with Gasteiger partial charge >= 0.3 is 22.8 Å². The number of hydrogen-bond acceptors (Lipinski definition) is 6. The van der Waals surface area contributed by atoms with Gasteiger partial charge in [-0.2, -0.15) is 0 Å². The van der Waals surface area contributed by atoms with Crippen molar-refractivity contribution < 1.29 is 17.7 Å². The highest BCUT2D eigenvalue weighted by Crippen LogP contribution is 2.65. The Morgan fingerprint density at radius 2 is 1.56 bits per heavy atom. The second kappa shape index (κ2) is 9.21. The first-order chi connectivity index (χ1) is 15.8. The van der Waals surface area contributed by atoms with E-state index >= 15 is 0 Å². The number of rotatable bonds is 5. The standard InChI is InChI=1S/C23H39IN2O6Si2/c1-13(2)33(14(3)4)29-12-18-19(31-34(32-33,15(5)6)16(7)8)23(9-10-23)21(30-18)26-11-17(24)20(27)25-22(26)28/h11,13-16,18-19,21H,9-10,12H2,1-8H3,(H,25,27,28)/t18-,19-,21-/m1/s1. The number of halogens is 1. The van der Waals surface area contributed by atoms with Crippen molar-refractivity contribution in [3.63, 3.8) is 0 Å². The summed E-state index contributed by atoms with van der Waals surface area (Å²) in [6, 6.07) is 0. The Morgan fingerprint density at radius 3 is 2.06 bits per heavy atom. The van der Waals surface area contributed by atoms with Crippen LogP contribution in [0.1, 0.15) is 74.5 Å². The van der Waals surface area contributed by atoms with Crippen molar-refractivity contribution in [1.29, 1.82) is 0 Å². The van der Waals surface area contributed by atoms with Gasteiger partial charge in [0.1, 0.15) is 12.3 Å². The minimum Gasteiger partial charge on any atom is -0.414 e. The summed E-state index contributed by atoms with van der Waals surface area (Å²) in [7, 11) is -5.43. The third kappa shape index (κ3) is 4.06. The second-order valence-electron chi connectivity index (χ2n) is 11.4. The summed E-state index contributed by atoms with van der Waals surface area (Å²) < 4.78 is 30.0. The maximum atomic E-state index is 12.8. The summed E-state index contributed by atoms with van der Waals surface area (Å²) in [4.78, 5) is 27.2. The van der Waals surface area contributed by atoms with E-state index in [0.29, 0.717) is 10.2 Å². The molecule has 3 heterocycles. The topological polar surface area (TPSA) is 91.8 Å². The lowest BCUT2D eigenvalue weighted by Gasteiger charge is -2.51. The van der Waals surface area contributed by atoms with Crippen LogP contribution >= 0.6 is 22.6 Å². The van der Waals surface area contributed by atoms with E-state index in [2.05, 4.69) is 60.4 Å². The number of aromatic amines is 1. The lowest BCUT2D eigenvalue weighted by Crippen LogP contribution is -2.65. The molecule has 3 atom stereocenters. The molecule has 8 nitrogen and oxygen atoms in total. The molecule has 0 aromatic carbocycles. The van der Waals surface area contributed by atoms with Crippen LogP contribution in [0.3, 0.4) is 0 Å². The minimum atomic E-state index is -2.77. The first-order valence-corrected chi connectivity index (χ1v) is 17.5. The molecule has 1 spiro atoms. The Labute approximate surface area is 217 Å². The van der Waals surface area contributed by atoms with Crippen LogP contribution in [0.2, 0.25) is 22.2 Å². The molecular formula is C23H39IN2O6Si2. The van der Waals surface area contributed by atoms with Crippen molar-refractivity contribution in [2.75, 3.05) is 6.61 Å². The predicted octanol–water partition coefficient (Wildman–Crippen LogP) is 4.78. The smallest absolute Gasteiger partial charge is 0.335 e. The van der Waals surface area contributed by atoms with Gasteiger partial charge < -0.3 is 17.7 Å². The van der Waals surface area contributed by atoms with E-state index in [4.69, 9.17) is 17.7 Å². The van der Waals surface area contributed by atoms with Gasteiger partial charge in [0.25, 0.3) is 5.56 Å². The van der Waals surface area contributed by atoms with Crippen LogP contribution in [0.15, 0.2) is 15.8 Å². The van der Waals surface area contributed by atoms with Gasteiger partial charge in [-0.3, -0.25) is 14.3 Å². The van der Waals surface area contributed by atoms with E-state index in [9.17, 15) is 9.59 Å². The van der Waals surface area contributed by atoms with E-state index < -0.39 is 29.0 Å². The summed E-state index contributed by atoms with van der Waals surface area (Å²) >= 11 is 1.96. The van der Waals surface area contributed by atoms with Crippen LogP contribution in [-0.2, 0) is 17.7 Å². The van der Waals surface area contributed by atoms with Crippen molar-refractivity contribution in [3.8, 4) is 0 Å². The zero-order valence-corrected chi connectivity index (χ0v) is 25.7. The molecule has 1 aromatic rings. The first kappa shape index (κ1) is 26.7. The summed E-state index contributed by atoms with van der Waals surface area (Å²) in [6.07, 6.45) is 2.41. The summed E-state index contributed by atoms with van der Waals surface area (Å²) in [5, 5.41) is 0. The highest BCUT2D eigenvalue weighted by molar-refractivity contribution is 14.1. The second-order valence-corrected chi connectivity index (χ2v) is 21.4. The first-order valence-electron chi connectivity index (χ1n) is 12.5. The van der Waals surface area contributed by atoms with Gasteiger partial charge in [0.05, 0.1) is 16.3 Å². The largest absolute Gasteiger partial charge is 0.414 e. The monoisotopic (exact) mass is 622 g/mol. The molecule has 2 aliphatic heterocycles. The van der Waals surface area contributed by atoms with Crippen LogP contribution in [0.4, 0.5) is 0 Å². The molecule has 0 unspecified atom stereocenters. The summed E-state index contributed by atoms with van der Waals surface area (Å²) in [5.74, 6) is 0. The Hall–Kier alpha value is -0.316. The molecular weight excluding hydrogens is 583 g/mol. The average molecular weight is 623 g/mol. The van der Waals surface area contributed by atoms with Crippen LogP contribution in [0.5, 0.6) is 0 Å². The minimum absolute atomic E-state index is 0.211. The number of nitrogens with one attached hydrogen (secondary N) is 1. The van der Waals surface area contributed by atoms with Gasteiger partial charge in [0.2, 0.25) is 0 Å². The van der Waals surface area contributed by atoms with Crippen molar-refractivity contribution in [1.82, 2.24) is 9.55 Å². The molecule has 0 radical (unpaired) electrons. The fraction of sp³-hybridized carbons (Fsp3) is 0.826. The normalized spacial score (nSPS) is 29.6. The molecule has 1 aliphatic carbocycles. The van der Waals surface area contributed by atoms with E-state index in [1.54, 1.807) is 10.8 Å². The van der Waals surface area contributed by atoms with Crippen molar-refractivity contribution in [2.45, 2.75) is 109 Å². The summed E-state index contributed by atoms with van der Waals surface area (Å²) in [6.45, 7) is 18.0. The fourth-order valence-electron chi connectivity index (χ4n) is 5.98. The molecule has 0 bridgehead atoms. The van der Waals surface area contributed by atoms with Gasteiger partial charge in [0.15, 0.2) is 0 Å². The van der Waals surface area contributed by atoms with E-state index in [1.807, 2.05) is 22.6 Å². The average Bonchev–Trinajstić information content (AvgIpc) is 3.46. The molecule has 34 heavy (non-hydrogen) atoms. The maximum absolute atomic E-state index is 12.8. The quantitative estimate of drug-likeness (QED) is 0.376. The van der Waals surface area contributed by atoms with Crippen molar-refractivity contribution >= 4 is 39.7 Å². The highest BCUT2D eigenvalue weighted by atomic mass is 127. The predicted molar refractivity (Wildman–Crippen MR) is 143 cm³/mol. The fourth-order valence-corrected chi connectivity index (χ4v) is 17.7. The highest BCUT2D eigenvalue weighted by Gasteiger charge is 2.69. The molecule has 3 fully saturated rings. The lowest BCUT2D eigenvalue weighted by atomic mass is 9.96. The van der Waals surface area contributed by atoms with Crippen molar-refractivity contribution in [3.05, 3.63) is 30.6 Å². The van der Waals surface area contributed by atoms with Gasteiger partial charge in [-0.05, 0) is 57.6 Å². The number of fused-ring (bicyclic) bond motifs is 2. The van der Waals surface area contributed by atoms with Crippen LogP contribution < -0.4 is 11.2 Å². The van der Waals surface area contributed by atoms with E-state index in [-0.39, 0.29) is 45.3 Å². The number of H-pyrrole nitrogens is 1. The number of aromatic nitrogens is 2. The van der Waals surface area contributed by atoms with Crippen LogP contribution in [0.25, 0.3) is 0 Å². The van der Waals surface area contributed by atoms with Gasteiger partial charge in [0, 0.05) is 11.6 Å². The molecule has 4 rings (SSSR count). The Kier molecular flexibility index (Phi) is 7.24. The van der Waals surface area contributed by atoms with E-state index in [0.717, 1.165) is 12.8 Å². The zero-order chi connectivity index (χ0) is 25.2. The number of nitrogens with zero attached hydrogens (tertiary/aromatic N) is 1. The van der Waals surface area contributed by atoms with Gasteiger partial charge in [-0.15, -0.1) is 0 Å². The van der Waals surface area contributed by atoms with Gasteiger partial charge in [-0.1, -0.05) is 55.4 Å². The molecule has 11 heteroatoms. The zero-order valence-electron chi connectivity index (χ0n) is 21.5. The molecule has 2 saturated heterocycles. The third-order valence-electron chi connectivity index (χ3n) is 8.03. The van der Waals surface area contributed by atoms with Crippen molar-refractivity contribution in [2.24, 2.45) is 5.41 Å². The molecule has 0 amide bonds. The van der Waals surface area contributed by atoms with E-state index in [1.165, 1.54) is 0 Å². The molecule has 1 N–H and O–H groups in total. The SMILES string of the molecule is CC(C)[Si]1(C(C)C)OC[C@H]2O[C@@H](n3cc(I)c(=O)[nH]c3=O)C3(CC3)[C@@H]2O[Si](C(C)C)(C(C)C)O1. The van der Waals surface area contributed by atoms with Gasteiger partial charge in [-0.25, -0.2) is 4.79 Å². The van der Waals surface area contributed by atoms with Crippen LogP contribution in [0, 0.1) is 8.99 Å². The lowest BCUT2D eigenvalue weighted by molar-refractivity contribution is -0.0578. The van der Waals surface area contributed by atoms with Crippen LogP contribution in [-0.4, -0.2) is 45.5 Å². The Bertz CT molecular complexity index is 1020. The third-order valence-corrected chi connectivity index (χ3v) is 19.0. The molecule has 1 aromatic heterocycles. The maximum Gasteiger partial charge on any atom is 0.335 e. The molecule has 192 valence electrons.